The van der Waals surface area contributed by atoms with Gasteiger partial charge in [-0.3, -0.25) is 4.79 Å². The Morgan fingerprint density at radius 3 is 3.00 bits per heavy atom. The maximum atomic E-state index is 12.1. The van der Waals surface area contributed by atoms with E-state index in [1.807, 2.05) is 5.43 Å². The molecule has 1 heterocycles. The molecular weight excluding hydrogens is 250 g/mol. The molecule has 0 atom stereocenters. The van der Waals surface area contributed by atoms with E-state index < -0.39 is 6.03 Å². The summed E-state index contributed by atoms with van der Waals surface area (Å²) in [6.07, 6.45) is 2.42. The van der Waals surface area contributed by atoms with Crippen LogP contribution < -0.4 is 21.3 Å². The van der Waals surface area contributed by atoms with Crippen molar-refractivity contribution < 1.29 is 13.9 Å². The molecule has 7 heteroatoms. The third kappa shape index (κ3) is 2.71. The van der Waals surface area contributed by atoms with Crippen molar-refractivity contribution in [1.82, 2.24) is 5.43 Å². The zero-order valence-electron chi connectivity index (χ0n) is 10.0. The lowest BCUT2D eigenvalue weighted by Gasteiger charge is -2.01. The number of primary amides is 1. The summed E-state index contributed by atoms with van der Waals surface area (Å²) in [6.45, 7) is 0. The third-order valence-corrected chi connectivity index (χ3v) is 2.38. The van der Waals surface area contributed by atoms with E-state index in [1.165, 1.54) is 13.4 Å². The normalized spacial score (nSPS) is 10.8. The molecule has 2 rings (SSSR count). The fourth-order valence-electron chi connectivity index (χ4n) is 1.51. The van der Waals surface area contributed by atoms with E-state index in [4.69, 9.17) is 14.9 Å². The summed E-state index contributed by atoms with van der Waals surface area (Å²) in [7, 11) is 1.50. The molecule has 0 bridgehead atoms. The van der Waals surface area contributed by atoms with E-state index in [1.54, 1.807) is 18.2 Å². The van der Waals surface area contributed by atoms with Crippen LogP contribution >= 0.6 is 0 Å². The van der Waals surface area contributed by atoms with Crippen LogP contribution in [-0.4, -0.2) is 19.4 Å². The lowest BCUT2D eigenvalue weighted by molar-refractivity contribution is 0.249. The van der Waals surface area contributed by atoms with E-state index in [0.29, 0.717) is 16.7 Å². The molecule has 1 aromatic carbocycles. The van der Waals surface area contributed by atoms with E-state index in [-0.39, 0.29) is 11.0 Å². The summed E-state index contributed by atoms with van der Waals surface area (Å²) < 4.78 is 10.3. The van der Waals surface area contributed by atoms with E-state index >= 15 is 0 Å². The first kappa shape index (κ1) is 12.6. The minimum Gasteiger partial charge on any atom is -0.497 e. The van der Waals surface area contributed by atoms with Crippen molar-refractivity contribution in [3.05, 3.63) is 40.2 Å². The number of nitrogens with one attached hydrogen (secondary N) is 1. The van der Waals surface area contributed by atoms with Crippen LogP contribution in [0.4, 0.5) is 4.79 Å². The summed E-state index contributed by atoms with van der Waals surface area (Å²) in [5.74, 6) is 0.546. The maximum Gasteiger partial charge on any atom is 0.332 e. The Balaban J connectivity index is 2.47. The first-order chi connectivity index (χ1) is 9.11. The summed E-state index contributed by atoms with van der Waals surface area (Å²) in [4.78, 5) is 22.6. The Hall–Kier alpha value is -2.83. The summed E-state index contributed by atoms with van der Waals surface area (Å²) in [6, 6.07) is 4.08. The molecular formula is C12H11N3O4. The monoisotopic (exact) mass is 261 g/mol. The van der Waals surface area contributed by atoms with Gasteiger partial charge in [0.05, 0.1) is 24.3 Å². The van der Waals surface area contributed by atoms with Crippen LogP contribution in [0.2, 0.25) is 0 Å². The second-order valence-electron chi connectivity index (χ2n) is 3.62. The van der Waals surface area contributed by atoms with Crippen LogP contribution in [0.15, 0.2) is 38.8 Å². The van der Waals surface area contributed by atoms with Gasteiger partial charge in [0, 0.05) is 0 Å². The van der Waals surface area contributed by atoms with Crippen LogP contribution in [0.3, 0.4) is 0 Å². The average molecular weight is 261 g/mol. The molecule has 0 saturated carbocycles. The number of rotatable bonds is 3. The van der Waals surface area contributed by atoms with Gasteiger partial charge in [0.2, 0.25) is 5.43 Å². The SMILES string of the molecule is COc1ccc2occ(/C=N\NC(N)=O)c(=O)c2c1. The number of methoxy groups -OCH3 is 1. The minimum absolute atomic E-state index is 0.189. The van der Waals surface area contributed by atoms with Gasteiger partial charge >= 0.3 is 6.03 Å². The second-order valence-corrected chi connectivity index (χ2v) is 3.62. The Morgan fingerprint density at radius 2 is 2.32 bits per heavy atom. The highest BCUT2D eigenvalue weighted by Gasteiger charge is 2.06. The van der Waals surface area contributed by atoms with Crippen LogP contribution in [0.1, 0.15) is 5.56 Å². The van der Waals surface area contributed by atoms with Gasteiger partial charge in [-0.15, -0.1) is 0 Å². The molecule has 19 heavy (non-hydrogen) atoms. The van der Waals surface area contributed by atoms with Gasteiger partial charge in [0.25, 0.3) is 0 Å². The van der Waals surface area contributed by atoms with Crippen molar-refractivity contribution in [1.29, 1.82) is 0 Å². The maximum absolute atomic E-state index is 12.1. The largest absolute Gasteiger partial charge is 0.497 e. The lowest BCUT2D eigenvalue weighted by Crippen LogP contribution is -2.24. The molecule has 0 unspecified atom stereocenters. The highest BCUT2D eigenvalue weighted by molar-refractivity contribution is 5.87. The number of amides is 2. The summed E-state index contributed by atoms with van der Waals surface area (Å²) in [5.41, 5.74) is 7.18. The van der Waals surface area contributed by atoms with E-state index in [9.17, 15) is 9.59 Å². The van der Waals surface area contributed by atoms with Gasteiger partial charge in [0.15, 0.2) is 0 Å². The molecule has 1 aromatic heterocycles. The number of hydrazone groups is 1. The molecule has 7 nitrogen and oxygen atoms in total. The molecule has 0 aliphatic heterocycles. The molecule has 2 aromatic rings. The Labute approximate surface area is 107 Å². The van der Waals surface area contributed by atoms with Crippen molar-refractivity contribution in [2.45, 2.75) is 0 Å². The molecule has 0 saturated heterocycles. The van der Waals surface area contributed by atoms with E-state index in [2.05, 4.69) is 5.10 Å². The van der Waals surface area contributed by atoms with Crippen molar-refractivity contribution >= 4 is 23.2 Å². The standard InChI is InChI=1S/C12H11N3O4/c1-18-8-2-3-10-9(4-8)11(16)7(6-19-10)5-14-15-12(13)17/h2-6H,1H3,(H3,13,15,17)/b14-5-. The molecule has 3 N–H and O–H groups in total. The number of carbonyl (C=O) groups is 1. The van der Waals surface area contributed by atoms with Crippen molar-refractivity contribution in [2.24, 2.45) is 10.8 Å². The number of nitrogens with two attached hydrogens (primary N) is 1. The molecule has 2 amide bonds. The van der Waals surface area contributed by atoms with Gasteiger partial charge in [-0.1, -0.05) is 0 Å². The highest BCUT2D eigenvalue weighted by Crippen LogP contribution is 2.18. The first-order valence-corrected chi connectivity index (χ1v) is 5.30. The number of nitrogens with zero attached hydrogens (tertiary/aromatic N) is 1. The molecule has 0 radical (unpaired) electrons. The number of ether oxygens (including phenoxy) is 1. The number of hydrogen-bond acceptors (Lipinski definition) is 5. The Bertz CT molecular complexity index is 706. The smallest absolute Gasteiger partial charge is 0.332 e. The molecule has 0 aliphatic rings. The quantitative estimate of drug-likeness (QED) is 0.629. The van der Waals surface area contributed by atoms with Gasteiger partial charge in [-0.05, 0) is 18.2 Å². The second kappa shape index (κ2) is 5.21. The number of carbonyl (C=O) groups excluding carboxylic acids is 1. The predicted octanol–water partition coefficient (Wildman–Crippen LogP) is 0.804. The lowest BCUT2D eigenvalue weighted by atomic mass is 10.2. The molecule has 0 aliphatic carbocycles. The first-order valence-electron chi connectivity index (χ1n) is 5.30. The topological polar surface area (TPSA) is 107 Å². The summed E-state index contributed by atoms with van der Waals surface area (Å²) in [5, 5.41) is 3.87. The van der Waals surface area contributed by atoms with Crippen LogP contribution in [-0.2, 0) is 0 Å². The van der Waals surface area contributed by atoms with Gasteiger partial charge in [-0.2, -0.15) is 5.10 Å². The molecule has 98 valence electrons. The minimum atomic E-state index is -0.817. The fourth-order valence-corrected chi connectivity index (χ4v) is 1.51. The van der Waals surface area contributed by atoms with Crippen LogP contribution in [0, 0.1) is 0 Å². The number of hydrogen-bond donors (Lipinski definition) is 2. The third-order valence-electron chi connectivity index (χ3n) is 2.38. The van der Waals surface area contributed by atoms with Gasteiger partial charge in [0.1, 0.15) is 17.6 Å². The molecule has 0 fully saturated rings. The summed E-state index contributed by atoms with van der Waals surface area (Å²) >= 11 is 0. The zero-order valence-corrected chi connectivity index (χ0v) is 10.0. The Morgan fingerprint density at radius 1 is 1.53 bits per heavy atom. The average Bonchev–Trinajstić information content (AvgIpc) is 2.41. The number of benzene rings is 1. The van der Waals surface area contributed by atoms with Crippen molar-refractivity contribution in [3.63, 3.8) is 0 Å². The zero-order chi connectivity index (χ0) is 13.8. The van der Waals surface area contributed by atoms with Crippen molar-refractivity contribution in [2.75, 3.05) is 7.11 Å². The Kier molecular flexibility index (Phi) is 3.46. The number of fused-ring (bicyclic) bond motifs is 1. The fraction of sp³-hybridized carbons (Fsp3) is 0.0833. The van der Waals surface area contributed by atoms with Crippen LogP contribution in [0.5, 0.6) is 5.75 Å². The van der Waals surface area contributed by atoms with Crippen molar-refractivity contribution in [3.8, 4) is 5.75 Å². The van der Waals surface area contributed by atoms with Gasteiger partial charge in [-0.25, -0.2) is 10.2 Å². The number of urea groups is 1. The van der Waals surface area contributed by atoms with Gasteiger partial charge < -0.3 is 14.9 Å². The van der Waals surface area contributed by atoms with Crippen LogP contribution in [0.25, 0.3) is 11.0 Å². The van der Waals surface area contributed by atoms with E-state index in [0.717, 1.165) is 6.21 Å². The predicted molar refractivity (Wildman–Crippen MR) is 69.3 cm³/mol. The molecule has 0 spiro atoms. The highest BCUT2D eigenvalue weighted by atomic mass is 16.5.